The predicted molar refractivity (Wildman–Crippen MR) is 106 cm³/mol. The summed E-state index contributed by atoms with van der Waals surface area (Å²) < 4.78 is 7.10. The van der Waals surface area contributed by atoms with Crippen LogP contribution in [0.15, 0.2) is 78.9 Å². The smallest absolute Gasteiger partial charge is 0.120 e. The zero-order valence-corrected chi connectivity index (χ0v) is 14.4. The van der Waals surface area contributed by atoms with E-state index in [0.717, 1.165) is 27.4 Å². The van der Waals surface area contributed by atoms with E-state index in [4.69, 9.17) is 4.74 Å². The summed E-state index contributed by atoms with van der Waals surface area (Å²) in [6.07, 6.45) is 4.13. The number of thiazole rings is 1. The molecule has 4 rings (SSSR count). The van der Waals surface area contributed by atoms with Crippen LogP contribution in [0.4, 0.5) is 0 Å². The van der Waals surface area contributed by atoms with Gasteiger partial charge in [-0.1, -0.05) is 60.7 Å². The molecule has 3 heteroatoms. The van der Waals surface area contributed by atoms with Crippen LogP contribution in [-0.4, -0.2) is 4.98 Å². The van der Waals surface area contributed by atoms with Gasteiger partial charge in [-0.2, -0.15) is 0 Å². The summed E-state index contributed by atoms with van der Waals surface area (Å²) >= 11 is 1.70. The van der Waals surface area contributed by atoms with Crippen molar-refractivity contribution >= 4 is 33.7 Å². The number of ether oxygens (including phenoxy) is 1. The number of fused-ring (bicyclic) bond motifs is 1. The van der Waals surface area contributed by atoms with Crippen molar-refractivity contribution in [3.05, 3.63) is 95.0 Å². The molecule has 0 aliphatic carbocycles. The highest BCUT2D eigenvalue weighted by molar-refractivity contribution is 7.19. The number of nitrogens with zero attached hydrogens (tertiary/aromatic N) is 1. The Morgan fingerprint density at radius 3 is 2.56 bits per heavy atom. The fourth-order valence-electron chi connectivity index (χ4n) is 2.58. The Balaban J connectivity index is 1.47. The maximum absolute atomic E-state index is 5.89. The molecular weight excluding hydrogens is 326 g/mol. The maximum atomic E-state index is 5.89. The second-order valence-electron chi connectivity index (χ2n) is 5.70. The highest BCUT2D eigenvalue weighted by Crippen LogP contribution is 2.23. The van der Waals surface area contributed by atoms with E-state index in [-0.39, 0.29) is 0 Å². The molecule has 2 nitrogen and oxygen atoms in total. The summed E-state index contributed by atoms with van der Waals surface area (Å²) in [5, 5.41) is 1.01. The van der Waals surface area contributed by atoms with Crippen molar-refractivity contribution in [1.82, 2.24) is 4.98 Å². The van der Waals surface area contributed by atoms with E-state index < -0.39 is 0 Å². The summed E-state index contributed by atoms with van der Waals surface area (Å²) in [5.41, 5.74) is 3.31. The van der Waals surface area contributed by atoms with Crippen LogP contribution in [0.1, 0.15) is 16.1 Å². The minimum atomic E-state index is 0.575. The first-order valence-corrected chi connectivity index (χ1v) is 8.99. The molecule has 25 heavy (non-hydrogen) atoms. The van der Waals surface area contributed by atoms with Gasteiger partial charge in [0.15, 0.2) is 0 Å². The lowest BCUT2D eigenvalue weighted by atomic mass is 10.2. The van der Waals surface area contributed by atoms with E-state index in [2.05, 4.69) is 41.4 Å². The lowest BCUT2D eigenvalue weighted by molar-refractivity contribution is 0.306. The van der Waals surface area contributed by atoms with Crippen LogP contribution in [0.3, 0.4) is 0 Å². The SMILES string of the molecule is C(=Cc1nc2ccccc2s1)c1cccc(OCc2ccccc2)c1. The van der Waals surface area contributed by atoms with E-state index in [9.17, 15) is 0 Å². The van der Waals surface area contributed by atoms with Gasteiger partial charge in [0.2, 0.25) is 0 Å². The minimum absolute atomic E-state index is 0.575. The number of benzene rings is 3. The molecular formula is C22H17NOS. The number of para-hydroxylation sites is 1. The van der Waals surface area contributed by atoms with Gasteiger partial charge in [0.1, 0.15) is 17.4 Å². The zero-order chi connectivity index (χ0) is 16.9. The van der Waals surface area contributed by atoms with E-state index in [1.54, 1.807) is 11.3 Å². The first kappa shape index (κ1) is 15.6. The van der Waals surface area contributed by atoms with Crippen LogP contribution >= 0.6 is 11.3 Å². The molecule has 0 amide bonds. The summed E-state index contributed by atoms with van der Waals surface area (Å²) in [6, 6.07) is 26.5. The molecule has 0 unspecified atom stereocenters. The highest BCUT2D eigenvalue weighted by atomic mass is 32.1. The summed E-state index contributed by atoms with van der Waals surface area (Å²) in [5.74, 6) is 0.871. The van der Waals surface area contributed by atoms with Crippen LogP contribution in [0.5, 0.6) is 5.75 Å². The van der Waals surface area contributed by atoms with E-state index in [1.807, 2.05) is 54.6 Å². The monoisotopic (exact) mass is 343 g/mol. The molecule has 0 spiro atoms. The molecule has 1 aromatic heterocycles. The van der Waals surface area contributed by atoms with Crippen LogP contribution < -0.4 is 4.74 Å². The van der Waals surface area contributed by atoms with Gasteiger partial charge in [0.25, 0.3) is 0 Å². The van der Waals surface area contributed by atoms with E-state index in [0.29, 0.717) is 6.61 Å². The Morgan fingerprint density at radius 1 is 0.840 bits per heavy atom. The van der Waals surface area contributed by atoms with Crippen molar-refractivity contribution in [2.45, 2.75) is 6.61 Å². The highest BCUT2D eigenvalue weighted by Gasteiger charge is 2.00. The van der Waals surface area contributed by atoms with Gasteiger partial charge >= 0.3 is 0 Å². The van der Waals surface area contributed by atoms with Gasteiger partial charge in [0.05, 0.1) is 10.2 Å². The normalized spacial score (nSPS) is 11.2. The molecule has 0 fully saturated rings. The van der Waals surface area contributed by atoms with Crippen LogP contribution in [0, 0.1) is 0 Å². The second-order valence-corrected chi connectivity index (χ2v) is 6.76. The molecule has 1 heterocycles. The first-order valence-electron chi connectivity index (χ1n) is 8.17. The Bertz CT molecular complexity index is 972. The number of aromatic nitrogens is 1. The van der Waals surface area contributed by atoms with Gasteiger partial charge in [-0.15, -0.1) is 11.3 Å². The Kier molecular flexibility index (Phi) is 4.57. The number of hydrogen-bond acceptors (Lipinski definition) is 3. The van der Waals surface area contributed by atoms with Crippen molar-refractivity contribution in [1.29, 1.82) is 0 Å². The predicted octanol–water partition coefficient (Wildman–Crippen LogP) is 6.05. The summed E-state index contributed by atoms with van der Waals surface area (Å²) in [6.45, 7) is 0.575. The largest absolute Gasteiger partial charge is 0.489 e. The minimum Gasteiger partial charge on any atom is -0.489 e. The standard InChI is InChI=1S/C22H17NOS/c1-2-7-18(8-3-1)16-24-19-10-6-9-17(15-19)13-14-22-23-20-11-4-5-12-21(20)25-22/h1-15H,16H2. The second kappa shape index (κ2) is 7.32. The van der Waals surface area contributed by atoms with Crippen LogP contribution in [-0.2, 0) is 6.61 Å². The Morgan fingerprint density at radius 2 is 1.68 bits per heavy atom. The van der Waals surface area contributed by atoms with Gasteiger partial charge in [-0.05, 0) is 41.5 Å². The third kappa shape index (κ3) is 3.95. The molecule has 0 atom stereocenters. The quantitative estimate of drug-likeness (QED) is 0.440. The van der Waals surface area contributed by atoms with E-state index in [1.165, 1.54) is 4.70 Å². The molecule has 0 saturated heterocycles. The molecule has 0 bridgehead atoms. The summed E-state index contributed by atoms with van der Waals surface area (Å²) in [7, 11) is 0. The Labute approximate surface area is 151 Å². The molecule has 0 radical (unpaired) electrons. The van der Waals surface area contributed by atoms with Gasteiger partial charge in [-0.3, -0.25) is 0 Å². The number of rotatable bonds is 5. The van der Waals surface area contributed by atoms with Crippen LogP contribution in [0.25, 0.3) is 22.4 Å². The zero-order valence-electron chi connectivity index (χ0n) is 13.6. The molecule has 122 valence electrons. The molecule has 0 aliphatic heterocycles. The van der Waals surface area contributed by atoms with Crippen molar-refractivity contribution in [2.24, 2.45) is 0 Å². The molecule has 0 aliphatic rings. The molecule has 3 aromatic carbocycles. The summed E-state index contributed by atoms with van der Waals surface area (Å²) in [4.78, 5) is 4.63. The molecule has 4 aromatic rings. The maximum Gasteiger partial charge on any atom is 0.120 e. The van der Waals surface area contributed by atoms with Crippen molar-refractivity contribution in [3.63, 3.8) is 0 Å². The average molecular weight is 343 g/mol. The lowest BCUT2D eigenvalue weighted by Gasteiger charge is -2.06. The lowest BCUT2D eigenvalue weighted by Crippen LogP contribution is -1.94. The molecule has 0 N–H and O–H groups in total. The average Bonchev–Trinajstić information content (AvgIpc) is 3.09. The molecule has 0 saturated carbocycles. The first-order chi connectivity index (χ1) is 12.4. The fourth-order valence-corrected chi connectivity index (χ4v) is 3.45. The van der Waals surface area contributed by atoms with Crippen molar-refractivity contribution < 1.29 is 4.74 Å². The topological polar surface area (TPSA) is 22.1 Å². The Hall–Kier alpha value is -2.91. The van der Waals surface area contributed by atoms with Crippen molar-refractivity contribution in [2.75, 3.05) is 0 Å². The van der Waals surface area contributed by atoms with Crippen molar-refractivity contribution in [3.8, 4) is 5.75 Å². The van der Waals surface area contributed by atoms with Crippen LogP contribution in [0.2, 0.25) is 0 Å². The fraction of sp³-hybridized carbons (Fsp3) is 0.0455. The number of hydrogen-bond donors (Lipinski definition) is 0. The third-order valence-electron chi connectivity index (χ3n) is 3.84. The van der Waals surface area contributed by atoms with E-state index >= 15 is 0 Å². The van der Waals surface area contributed by atoms with Gasteiger partial charge < -0.3 is 4.74 Å². The van der Waals surface area contributed by atoms with Gasteiger partial charge in [-0.25, -0.2) is 4.98 Å². The van der Waals surface area contributed by atoms with Gasteiger partial charge in [0, 0.05) is 0 Å². The third-order valence-corrected chi connectivity index (χ3v) is 4.84.